The molecule has 2 rings (SSSR count). The summed E-state index contributed by atoms with van der Waals surface area (Å²) >= 11 is 0. The Hall–Kier alpha value is -0.170. The van der Waals surface area contributed by atoms with Crippen LogP contribution in [0.25, 0.3) is 0 Å². The van der Waals surface area contributed by atoms with Crippen LogP contribution in [0.4, 0.5) is 0 Å². The van der Waals surface area contributed by atoms with Crippen LogP contribution in [0.1, 0.15) is 32.6 Å². The van der Waals surface area contributed by atoms with Gasteiger partial charge in [0.25, 0.3) is 10.2 Å². The Labute approximate surface area is 104 Å². The third kappa shape index (κ3) is 3.64. The third-order valence-electron chi connectivity index (χ3n) is 3.74. The van der Waals surface area contributed by atoms with Crippen molar-refractivity contribution in [2.45, 2.75) is 38.6 Å². The van der Waals surface area contributed by atoms with Gasteiger partial charge in [0.1, 0.15) is 0 Å². The summed E-state index contributed by atoms with van der Waals surface area (Å²) in [6.07, 6.45) is 3.74. The lowest BCUT2D eigenvalue weighted by molar-refractivity contribution is 0.281. The van der Waals surface area contributed by atoms with E-state index in [0.29, 0.717) is 19.0 Å². The second-order valence-corrected chi connectivity index (χ2v) is 6.93. The van der Waals surface area contributed by atoms with Crippen LogP contribution in [0, 0.1) is 5.92 Å². The fourth-order valence-corrected chi connectivity index (χ4v) is 3.95. The van der Waals surface area contributed by atoms with Crippen molar-refractivity contribution in [2.24, 2.45) is 5.92 Å². The average molecular weight is 261 g/mol. The molecule has 0 spiro atoms. The lowest BCUT2D eigenvalue weighted by Gasteiger charge is -2.32. The lowest BCUT2D eigenvalue weighted by atomic mass is 10.0. The molecule has 0 amide bonds. The van der Waals surface area contributed by atoms with Crippen molar-refractivity contribution < 1.29 is 8.42 Å². The quantitative estimate of drug-likeness (QED) is 0.768. The van der Waals surface area contributed by atoms with E-state index in [2.05, 4.69) is 17.0 Å². The van der Waals surface area contributed by atoms with Gasteiger partial charge in [-0.25, -0.2) is 0 Å². The topological polar surface area (TPSA) is 61.4 Å². The molecule has 0 unspecified atom stereocenters. The molecule has 2 N–H and O–H groups in total. The van der Waals surface area contributed by atoms with Gasteiger partial charge in [0, 0.05) is 19.1 Å². The maximum atomic E-state index is 12.2. The lowest BCUT2D eigenvalue weighted by Crippen LogP contribution is -2.50. The number of piperidine rings is 2. The molecule has 0 aromatic carbocycles. The van der Waals surface area contributed by atoms with Crippen molar-refractivity contribution in [1.82, 2.24) is 14.3 Å². The molecule has 0 bridgehead atoms. The van der Waals surface area contributed by atoms with E-state index >= 15 is 0 Å². The van der Waals surface area contributed by atoms with Crippen LogP contribution in [0.2, 0.25) is 0 Å². The highest BCUT2D eigenvalue weighted by atomic mass is 32.2. The zero-order valence-corrected chi connectivity index (χ0v) is 11.3. The monoisotopic (exact) mass is 261 g/mol. The molecule has 2 aliphatic rings. The van der Waals surface area contributed by atoms with E-state index in [1.807, 2.05) is 0 Å². The Kier molecular flexibility index (Phi) is 4.41. The van der Waals surface area contributed by atoms with Gasteiger partial charge in [0.2, 0.25) is 0 Å². The first-order valence-corrected chi connectivity index (χ1v) is 8.00. The smallest absolute Gasteiger partial charge is 0.279 e. The molecule has 0 aromatic rings. The van der Waals surface area contributed by atoms with Gasteiger partial charge in [0.15, 0.2) is 0 Å². The molecule has 5 nitrogen and oxygen atoms in total. The Morgan fingerprint density at radius 1 is 1.12 bits per heavy atom. The minimum absolute atomic E-state index is 0.112. The second-order valence-electron chi connectivity index (χ2n) is 5.23. The average Bonchev–Trinajstić information content (AvgIpc) is 2.30. The summed E-state index contributed by atoms with van der Waals surface area (Å²) < 4.78 is 28.8. The van der Waals surface area contributed by atoms with E-state index in [1.54, 1.807) is 4.31 Å². The predicted molar refractivity (Wildman–Crippen MR) is 67.9 cm³/mol. The zero-order valence-electron chi connectivity index (χ0n) is 10.5. The number of nitrogens with one attached hydrogen (secondary N) is 2. The molecule has 2 heterocycles. The van der Waals surface area contributed by atoms with E-state index in [-0.39, 0.29) is 6.04 Å². The Morgan fingerprint density at radius 3 is 2.29 bits per heavy atom. The SMILES string of the molecule is CC1CCN(S(=O)(=O)NC2CCNCC2)CC1. The predicted octanol–water partition coefficient (Wildman–Crippen LogP) is 0.305. The van der Waals surface area contributed by atoms with Crippen LogP contribution in [-0.2, 0) is 10.2 Å². The molecule has 0 atom stereocenters. The summed E-state index contributed by atoms with van der Waals surface area (Å²) in [6, 6.07) is 0.112. The van der Waals surface area contributed by atoms with Crippen molar-refractivity contribution in [1.29, 1.82) is 0 Å². The Balaban J connectivity index is 1.89. The molecule has 0 saturated carbocycles. The number of nitrogens with zero attached hydrogens (tertiary/aromatic N) is 1. The molecular weight excluding hydrogens is 238 g/mol. The zero-order chi connectivity index (χ0) is 12.3. The van der Waals surface area contributed by atoms with Crippen molar-refractivity contribution in [2.75, 3.05) is 26.2 Å². The van der Waals surface area contributed by atoms with Gasteiger partial charge in [-0.05, 0) is 44.7 Å². The number of hydrogen-bond acceptors (Lipinski definition) is 3. The molecule has 0 radical (unpaired) electrons. The van der Waals surface area contributed by atoms with Gasteiger partial charge < -0.3 is 5.32 Å². The van der Waals surface area contributed by atoms with Gasteiger partial charge in [-0.15, -0.1) is 0 Å². The molecule has 6 heteroatoms. The first-order valence-electron chi connectivity index (χ1n) is 6.56. The highest BCUT2D eigenvalue weighted by molar-refractivity contribution is 7.87. The van der Waals surface area contributed by atoms with Crippen LogP contribution >= 0.6 is 0 Å². The van der Waals surface area contributed by atoms with E-state index in [0.717, 1.165) is 38.8 Å². The Morgan fingerprint density at radius 2 is 1.71 bits per heavy atom. The maximum absolute atomic E-state index is 12.2. The second kappa shape index (κ2) is 5.65. The molecule has 0 aromatic heterocycles. The van der Waals surface area contributed by atoms with E-state index in [1.165, 1.54) is 0 Å². The third-order valence-corrected chi connectivity index (χ3v) is 5.41. The van der Waals surface area contributed by atoms with Crippen LogP contribution in [-0.4, -0.2) is 44.9 Å². The highest BCUT2D eigenvalue weighted by Gasteiger charge is 2.28. The van der Waals surface area contributed by atoms with Crippen molar-refractivity contribution in [3.05, 3.63) is 0 Å². The number of hydrogen-bond donors (Lipinski definition) is 2. The summed E-state index contributed by atoms with van der Waals surface area (Å²) in [5, 5.41) is 3.24. The van der Waals surface area contributed by atoms with Crippen LogP contribution in [0.5, 0.6) is 0 Å². The molecule has 17 heavy (non-hydrogen) atoms. The first-order chi connectivity index (χ1) is 8.08. The molecule has 2 fully saturated rings. The maximum Gasteiger partial charge on any atom is 0.279 e. The fourth-order valence-electron chi connectivity index (χ4n) is 2.45. The van der Waals surface area contributed by atoms with Gasteiger partial charge in [0.05, 0.1) is 0 Å². The van der Waals surface area contributed by atoms with E-state index in [4.69, 9.17) is 0 Å². The summed E-state index contributed by atoms with van der Waals surface area (Å²) in [7, 11) is -3.25. The van der Waals surface area contributed by atoms with Crippen LogP contribution < -0.4 is 10.0 Å². The fraction of sp³-hybridized carbons (Fsp3) is 1.00. The highest BCUT2D eigenvalue weighted by Crippen LogP contribution is 2.18. The minimum atomic E-state index is -3.25. The van der Waals surface area contributed by atoms with Crippen LogP contribution in [0.15, 0.2) is 0 Å². The largest absolute Gasteiger partial charge is 0.317 e. The van der Waals surface area contributed by atoms with Crippen molar-refractivity contribution in [3.8, 4) is 0 Å². The van der Waals surface area contributed by atoms with Crippen LogP contribution in [0.3, 0.4) is 0 Å². The summed E-state index contributed by atoms with van der Waals surface area (Å²) in [4.78, 5) is 0. The number of rotatable bonds is 3. The Bertz CT molecular complexity index is 331. The van der Waals surface area contributed by atoms with Crippen molar-refractivity contribution in [3.63, 3.8) is 0 Å². The molecular formula is C11H23N3O2S. The summed E-state index contributed by atoms with van der Waals surface area (Å²) in [5.74, 6) is 0.653. The van der Waals surface area contributed by atoms with E-state index in [9.17, 15) is 8.42 Å². The minimum Gasteiger partial charge on any atom is -0.317 e. The normalized spacial score (nSPS) is 26.2. The summed E-state index contributed by atoms with van der Waals surface area (Å²) in [5.41, 5.74) is 0. The standard InChI is InChI=1S/C11H23N3O2S/c1-10-4-8-14(9-5-10)17(15,16)13-11-2-6-12-7-3-11/h10-13H,2-9H2,1H3. The van der Waals surface area contributed by atoms with Gasteiger partial charge in [-0.2, -0.15) is 17.4 Å². The summed E-state index contributed by atoms with van der Waals surface area (Å²) in [6.45, 7) is 5.33. The first kappa shape index (κ1) is 13.3. The molecule has 0 aliphatic carbocycles. The van der Waals surface area contributed by atoms with Crippen molar-refractivity contribution >= 4 is 10.2 Å². The van der Waals surface area contributed by atoms with Gasteiger partial charge >= 0.3 is 0 Å². The van der Waals surface area contributed by atoms with E-state index < -0.39 is 10.2 Å². The van der Waals surface area contributed by atoms with Gasteiger partial charge in [-0.1, -0.05) is 6.92 Å². The van der Waals surface area contributed by atoms with Gasteiger partial charge in [-0.3, -0.25) is 0 Å². The molecule has 100 valence electrons. The molecule has 2 aliphatic heterocycles. The molecule has 2 saturated heterocycles.